The molecule has 0 spiro atoms. The summed E-state index contributed by atoms with van der Waals surface area (Å²) in [5, 5.41) is 5.18. The summed E-state index contributed by atoms with van der Waals surface area (Å²) in [6.07, 6.45) is 6.52. The first kappa shape index (κ1) is 15.1. The highest BCUT2D eigenvalue weighted by molar-refractivity contribution is 5.86. The lowest BCUT2D eigenvalue weighted by Gasteiger charge is -2.28. The molecule has 0 bridgehead atoms. The lowest BCUT2D eigenvalue weighted by atomic mass is 9.94. The molecule has 1 aliphatic carbocycles. The third-order valence-electron chi connectivity index (χ3n) is 5.60. The number of hydrogen-bond donors (Lipinski definition) is 1. The number of fused-ring (bicyclic) bond motifs is 2. The lowest BCUT2D eigenvalue weighted by Crippen LogP contribution is -2.31. The molecule has 1 N–H and O–H groups in total. The van der Waals surface area contributed by atoms with E-state index < -0.39 is 0 Å². The van der Waals surface area contributed by atoms with Crippen molar-refractivity contribution < 1.29 is 0 Å². The average Bonchev–Trinajstić information content (AvgIpc) is 3.06. The Morgan fingerprint density at radius 1 is 1.26 bits per heavy atom. The van der Waals surface area contributed by atoms with Gasteiger partial charge in [0.2, 0.25) is 0 Å². The molecule has 2 aromatic rings. The Bertz CT molecular complexity index is 716. The standard InChI is InChI=1S/C20H27N3/c1-14-6-5-9-16-17(12-21-15-7-3-4-8-15)18-13-23(2)11-10-19(18)22-20(14)16/h5-6,9,15,21H,3-4,7-8,10-13H2,1-2H3. The molecule has 122 valence electrons. The molecule has 1 aromatic heterocycles. The molecule has 4 rings (SSSR count). The number of para-hydroxylation sites is 1. The Kier molecular flexibility index (Phi) is 4.08. The predicted molar refractivity (Wildman–Crippen MR) is 95.6 cm³/mol. The zero-order valence-electron chi connectivity index (χ0n) is 14.4. The van der Waals surface area contributed by atoms with Gasteiger partial charge in [0.05, 0.1) is 5.52 Å². The number of nitrogens with zero attached hydrogens (tertiary/aromatic N) is 2. The Morgan fingerprint density at radius 2 is 2.09 bits per heavy atom. The van der Waals surface area contributed by atoms with Crippen LogP contribution in [0.5, 0.6) is 0 Å². The van der Waals surface area contributed by atoms with Crippen molar-refractivity contribution in [1.82, 2.24) is 15.2 Å². The summed E-state index contributed by atoms with van der Waals surface area (Å²) < 4.78 is 0. The van der Waals surface area contributed by atoms with Crippen LogP contribution in [-0.4, -0.2) is 29.5 Å². The van der Waals surface area contributed by atoms with E-state index in [4.69, 9.17) is 4.98 Å². The smallest absolute Gasteiger partial charge is 0.0737 e. The Morgan fingerprint density at radius 3 is 2.91 bits per heavy atom. The first-order chi connectivity index (χ1) is 11.2. The summed E-state index contributed by atoms with van der Waals surface area (Å²) in [5.41, 5.74) is 6.80. The van der Waals surface area contributed by atoms with E-state index >= 15 is 0 Å². The van der Waals surface area contributed by atoms with Gasteiger partial charge in [-0.3, -0.25) is 4.98 Å². The fourth-order valence-electron chi connectivity index (χ4n) is 4.21. The van der Waals surface area contributed by atoms with Gasteiger partial charge in [0.15, 0.2) is 0 Å². The summed E-state index contributed by atoms with van der Waals surface area (Å²) in [4.78, 5) is 7.46. The molecule has 0 radical (unpaired) electrons. The number of aryl methyl sites for hydroxylation is 1. The lowest BCUT2D eigenvalue weighted by molar-refractivity contribution is 0.308. The van der Waals surface area contributed by atoms with Crippen LogP contribution in [0.15, 0.2) is 18.2 Å². The van der Waals surface area contributed by atoms with Crippen LogP contribution in [0, 0.1) is 6.92 Å². The molecule has 0 unspecified atom stereocenters. The van der Waals surface area contributed by atoms with Gasteiger partial charge >= 0.3 is 0 Å². The van der Waals surface area contributed by atoms with Crippen LogP contribution in [0.4, 0.5) is 0 Å². The number of hydrogen-bond acceptors (Lipinski definition) is 3. The molecule has 3 nitrogen and oxygen atoms in total. The first-order valence-corrected chi connectivity index (χ1v) is 9.04. The summed E-state index contributed by atoms with van der Waals surface area (Å²) in [5.74, 6) is 0. The van der Waals surface area contributed by atoms with Crippen molar-refractivity contribution in [1.29, 1.82) is 0 Å². The Hall–Kier alpha value is -1.45. The van der Waals surface area contributed by atoms with Gasteiger partial charge < -0.3 is 10.2 Å². The summed E-state index contributed by atoms with van der Waals surface area (Å²) in [6, 6.07) is 7.33. The highest BCUT2D eigenvalue weighted by Crippen LogP contribution is 2.29. The third-order valence-corrected chi connectivity index (χ3v) is 5.60. The first-order valence-electron chi connectivity index (χ1n) is 9.04. The topological polar surface area (TPSA) is 28.2 Å². The van der Waals surface area contributed by atoms with Gasteiger partial charge in [-0.15, -0.1) is 0 Å². The molecule has 2 aliphatic rings. The third kappa shape index (κ3) is 2.88. The van der Waals surface area contributed by atoms with Crippen LogP contribution < -0.4 is 5.32 Å². The van der Waals surface area contributed by atoms with Crippen molar-refractivity contribution in [2.24, 2.45) is 0 Å². The van der Waals surface area contributed by atoms with E-state index in [9.17, 15) is 0 Å². The van der Waals surface area contributed by atoms with E-state index in [1.54, 1.807) is 0 Å². The molecule has 1 saturated carbocycles. The van der Waals surface area contributed by atoms with Crippen LogP contribution in [0.25, 0.3) is 10.9 Å². The summed E-state index contributed by atoms with van der Waals surface area (Å²) in [6.45, 7) is 5.33. The Labute approximate surface area is 139 Å². The highest BCUT2D eigenvalue weighted by atomic mass is 15.1. The normalized spacial score (nSPS) is 19.4. The van der Waals surface area contributed by atoms with Crippen molar-refractivity contribution in [2.45, 2.75) is 58.2 Å². The van der Waals surface area contributed by atoms with Gasteiger partial charge in [-0.1, -0.05) is 31.0 Å². The molecule has 0 saturated heterocycles. The number of pyridine rings is 1. The van der Waals surface area contributed by atoms with Crippen LogP contribution >= 0.6 is 0 Å². The van der Waals surface area contributed by atoms with Gasteiger partial charge in [0, 0.05) is 43.2 Å². The van der Waals surface area contributed by atoms with Crippen molar-refractivity contribution in [3.05, 3.63) is 40.6 Å². The van der Waals surface area contributed by atoms with Gasteiger partial charge in [-0.25, -0.2) is 0 Å². The van der Waals surface area contributed by atoms with Crippen LogP contribution in [0.1, 0.15) is 48.1 Å². The van der Waals surface area contributed by atoms with Crippen LogP contribution in [0.2, 0.25) is 0 Å². The van der Waals surface area contributed by atoms with Crippen molar-refractivity contribution in [3.8, 4) is 0 Å². The van der Waals surface area contributed by atoms with Crippen LogP contribution in [0.3, 0.4) is 0 Å². The minimum absolute atomic E-state index is 0.708. The zero-order chi connectivity index (χ0) is 15.8. The summed E-state index contributed by atoms with van der Waals surface area (Å²) >= 11 is 0. The molecule has 1 aromatic carbocycles. The quantitative estimate of drug-likeness (QED) is 0.939. The molecule has 2 heterocycles. The SMILES string of the molecule is Cc1cccc2c(CNC3CCCC3)c3c(nc12)CCN(C)C3. The number of likely N-dealkylation sites (N-methyl/N-ethyl adjacent to an activating group) is 1. The number of aromatic nitrogens is 1. The fourth-order valence-corrected chi connectivity index (χ4v) is 4.21. The van der Waals surface area contributed by atoms with Gasteiger partial charge in [0.25, 0.3) is 0 Å². The van der Waals surface area contributed by atoms with E-state index in [1.165, 1.54) is 59.0 Å². The molecule has 1 aliphatic heterocycles. The Balaban J connectivity index is 1.77. The maximum atomic E-state index is 5.04. The second kappa shape index (κ2) is 6.21. The fraction of sp³-hybridized carbons (Fsp3) is 0.550. The average molecular weight is 309 g/mol. The molecule has 0 atom stereocenters. The monoisotopic (exact) mass is 309 g/mol. The molecule has 0 amide bonds. The second-order valence-corrected chi connectivity index (χ2v) is 7.34. The predicted octanol–water partition coefficient (Wildman–Crippen LogP) is 3.56. The largest absolute Gasteiger partial charge is 0.310 e. The van der Waals surface area contributed by atoms with Crippen LogP contribution in [-0.2, 0) is 19.5 Å². The molecule has 23 heavy (non-hydrogen) atoms. The highest BCUT2D eigenvalue weighted by Gasteiger charge is 2.22. The van der Waals surface area contributed by atoms with E-state index in [2.05, 4.69) is 42.4 Å². The van der Waals surface area contributed by atoms with E-state index in [0.717, 1.165) is 26.1 Å². The second-order valence-electron chi connectivity index (χ2n) is 7.34. The van der Waals surface area contributed by atoms with Gasteiger partial charge in [-0.2, -0.15) is 0 Å². The van der Waals surface area contributed by atoms with E-state index in [1.807, 2.05) is 0 Å². The van der Waals surface area contributed by atoms with Gasteiger partial charge in [-0.05, 0) is 43.5 Å². The zero-order valence-corrected chi connectivity index (χ0v) is 14.4. The molecule has 1 fully saturated rings. The molecule has 3 heteroatoms. The molecular formula is C20H27N3. The molecular weight excluding hydrogens is 282 g/mol. The van der Waals surface area contributed by atoms with Crippen molar-refractivity contribution in [3.63, 3.8) is 0 Å². The van der Waals surface area contributed by atoms with E-state index in [-0.39, 0.29) is 0 Å². The summed E-state index contributed by atoms with van der Waals surface area (Å²) in [7, 11) is 2.22. The van der Waals surface area contributed by atoms with E-state index in [0.29, 0.717) is 6.04 Å². The minimum atomic E-state index is 0.708. The minimum Gasteiger partial charge on any atom is -0.310 e. The van der Waals surface area contributed by atoms with Crippen molar-refractivity contribution in [2.75, 3.05) is 13.6 Å². The number of benzene rings is 1. The maximum absolute atomic E-state index is 5.04. The van der Waals surface area contributed by atoms with Crippen molar-refractivity contribution >= 4 is 10.9 Å². The van der Waals surface area contributed by atoms with Gasteiger partial charge in [0.1, 0.15) is 0 Å². The number of nitrogens with one attached hydrogen (secondary N) is 1. The number of rotatable bonds is 3. The maximum Gasteiger partial charge on any atom is 0.0737 e.